The maximum Gasteiger partial charge on any atom is 0.310 e. The van der Waals surface area contributed by atoms with Gasteiger partial charge in [0.15, 0.2) is 5.96 Å². The summed E-state index contributed by atoms with van der Waals surface area (Å²) in [6, 6.07) is 0.376. The second-order valence-corrected chi connectivity index (χ2v) is 8.38. The first kappa shape index (κ1) is 22.7. The second kappa shape index (κ2) is 9.76. The number of halogens is 1. The van der Waals surface area contributed by atoms with Crippen molar-refractivity contribution in [3.05, 3.63) is 0 Å². The highest BCUT2D eigenvalue weighted by atomic mass is 127. The summed E-state index contributed by atoms with van der Waals surface area (Å²) in [7, 11) is 0. The number of hydrogen-bond donors (Lipinski definition) is 1. The molecule has 1 saturated carbocycles. The Bertz CT molecular complexity index is 541. The third kappa shape index (κ3) is 4.71. The molecule has 0 bridgehead atoms. The number of fused-ring (bicyclic) bond motifs is 1. The van der Waals surface area contributed by atoms with E-state index in [2.05, 4.69) is 31.0 Å². The Morgan fingerprint density at radius 3 is 2.78 bits per heavy atom. The van der Waals surface area contributed by atoms with Crippen LogP contribution in [0.25, 0.3) is 0 Å². The van der Waals surface area contributed by atoms with Gasteiger partial charge in [0.25, 0.3) is 0 Å². The monoisotopic (exact) mass is 493 g/mol. The highest BCUT2D eigenvalue weighted by Gasteiger charge is 2.58. The van der Waals surface area contributed by atoms with Crippen LogP contribution in [0.5, 0.6) is 0 Å². The lowest BCUT2D eigenvalue weighted by atomic mass is 9.55. The Morgan fingerprint density at radius 2 is 2.07 bits per heavy atom. The average molecular weight is 493 g/mol. The van der Waals surface area contributed by atoms with Gasteiger partial charge in [0.05, 0.1) is 18.6 Å². The van der Waals surface area contributed by atoms with Crippen LogP contribution in [-0.4, -0.2) is 61.8 Å². The van der Waals surface area contributed by atoms with Crippen LogP contribution in [0.4, 0.5) is 0 Å². The van der Waals surface area contributed by atoms with Crippen LogP contribution in [0.2, 0.25) is 0 Å². The van der Waals surface area contributed by atoms with E-state index < -0.39 is 0 Å². The summed E-state index contributed by atoms with van der Waals surface area (Å²) in [5.41, 5.74) is 0.107. The predicted octanol–water partition coefficient (Wildman–Crippen LogP) is 3.05. The molecule has 3 unspecified atom stereocenters. The zero-order valence-electron chi connectivity index (χ0n) is 17.2. The zero-order valence-corrected chi connectivity index (χ0v) is 19.5. The van der Waals surface area contributed by atoms with E-state index in [9.17, 15) is 4.79 Å². The quantitative estimate of drug-likeness (QED) is 0.282. The first-order chi connectivity index (χ1) is 12.5. The second-order valence-electron chi connectivity index (χ2n) is 8.38. The number of nitrogens with zero attached hydrogens (tertiary/aromatic N) is 2. The number of esters is 1. The van der Waals surface area contributed by atoms with Gasteiger partial charge in [-0.2, -0.15) is 0 Å². The fourth-order valence-corrected chi connectivity index (χ4v) is 4.96. The molecule has 156 valence electrons. The highest BCUT2D eigenvalue weighted by molar-refractivity contribution is 14.0. The van der Waals surface area contributed by atoms with Crippen molar-refractivity contribution in [1.82, 2.24) is 10.2 Å². The van der Waals surface area contributed by atoms with Crippen molar-refractivity contribution in [2.45, 2.75) is 65.5 Å². The van der Waals surface area contributed by atoms with E-state index >= 15 is 0 Å². The fourth-order valence-electron chi connectivity index (χ4n) is 4.96. The summed E-state index contributed by atoms with van der Waals surface area (Å²) in [6.45, 7) is 12.2. The third-order valence-electron chi connectivity index (χ3n) is 6.26. The van der Waals surface area contributed by atoms with Crippen LogP contribution in [0.1, 0.15) is 53.4 Å². The maximum absolute atomic E-state index is 12.2. The lowest BCUT2D eigenvalue weighted by Crippen LogP contribution is -2.71. The molecule has 3 fully saturated rings. The van der Waals surface area contributed by atoms with Gasteiger partial charge in [-0.15, -0.1) is 24.0 Å². The molecule has 27 heavy (non-hydrogen) atoms. The zero-order chi connectivity index (χ0) is 18.7. The average Bonchev–Trinajstić information content (AvgIpc) is 2.65. The van der Waals surface area contributed by atoms with Gasteiger partial charge in [-0.1, -0.05) is 13.8 Å². The molecule has 4 atom stereocenters. The van der Waals surface area contributed by atoms with Crippen molar-refractivity contribution in [2.75, 3.05) is 32.8 Å². The van der Waals surface area contributed by atoms with Gasteiger partial charge in [-0.3, -0.25) is 9.79 Å². The van der Waals surface area contributed by atoms with E-state index in [-0.39, 0.29) is 41.3 Å². The van der Waals surface area contributed by atoms with Crippen LogP contribution in [0, 0.1) is 17.3 Å². The fraction of sp³-hybridized carbons (Fsp3) is 0.900. The van der Waals surface area contributed by atoms with Crippen LogP contribution in [0.15, 0.2) is 4.99 Å². The van der Waals surface area contributed by atoms with E-state index in [0.717, 1.165) is 44.9 Å². The number of nitrogens with one attached hydrogen (secondary N) is 1. The van der Waals surface area contributed by atoms with Gasteiger partial charge in [0.1, 0.15) is 0 Å². The van der Waals surface area contributed by atoms with Gasteiger partial charge in [-0.05, 0) is 39.5 Å². The summed E-state index contributed by atoms with van der Waals surface area (Å²) in [5, 5.41) is 3.75. The van der Waals surface area contributed by atoms with Gasteiger partial charge < -0.3 is 19.7 Å². The lowest BCUT2D eigenvalue weighted by molar-refractivity contribution is -0.188. The lowest BCUT2D eigenvalue weighted by Gasteiger charge is -2.60. The topological polar surface area (TPSA) is 63.2 Å². The number of aliphatic imine (C=N–C) groups is 1. The summed E-state index contributed by atoms with van der Waals surface area (Å²) in [6.07, 6.45) is 4.62. The minimum absolute atomic E-state index is 0. The molecule has 0 radical (unpaired) electrons. The molecular formula is C20H36IN3O3. The van der Waals surface area contributed by atoms with Crippen molar-refractivity contribution >= 4 is 35.9 Å². The predicted molar refractivity (Wildman–Crippen MR) is 117 cm³/mol. The van der Waals surface area contributed by atoms with Crippen molar-refractivity contribution in [2.24, 2.45) is 22.2 Å². The number of carbonyl (C=O) groups is 1. The molecule has 0 aromatic carbocycles. The number of ether oxygens (including phenoxy) is 2. The molecule has 2 saturated heterocycles. The molecule has 0 aromatic heterocycles. The number of guanidine groups is 1. The molecule has 1 aliphatic carbocycles. The van der Waals surface area contributed by atoms with Crippen molar-refractivity contribution < 1.29 is 14.3 Å². The molecule has 0 spiro atoms. The van der Waals surface area contributed by atoms with Crippen molar-refractivity contribution in [3.63, 3.8) is 0 Å². The molecule has 3 rings (SSSR count). The van der Waals surface area contributed by atoms with E-state index in [4.69, 9.17) is 14.5 Å². The van der Waals surface area contributed by atoms with Gasteiger partial charge >= 0.3 is 5.97 Å². The van der Waals surface area contributed by atoms with E-state index in [1.165, 1.54) is 6.42 Å². The molecule has 2 heterocycles. The highest BCUT2D eigenvalue weighted by Crippen LogP contribution is 2.51. The molecule has 7 heteroatoms. The normalized spacial score (nSPS) is 32.6. The summed E-state index contributed by atoms with van der Waals surface area (Å²) < 4.78 is 11.3. The van der Waals surface area contributed by atoms with Gasteiger partial charge in [-0.25, -0.2) is 0 Å². The molecule has 6 nitrogen and oxygen atoms in total. The minimum atomic E-state index is -0.0715. The number of piperidine rings is 1. The molecule has 1 N–H and O–H groups in total. The Hall–Kier alpha value is -0.570. The minimum Gasteiger partial charge on any atom is -0.466 e. The smallest absolute Gasteiger partial charge is 0.310 e. The van der Waals surface area contributed by atoms with Gasteiger partial charge in [0, 0.05) is 43.6 Å². The third-order valence-corrected chi connectivity index (χ3v) is 6.26. The number of rotatable bonds is 4. The molecular weight excluding hydrogens is 457 g/mol. The summed E-state index contributed by atoms with van der Waals surface area (Å²) in [4.78, 5) is 19.2. The van der Waals surface area contributed by atoms with E-state index in [1.54, 1.807) is 0 Å². The number of likely N-dealkylation sites (tertiary alicyclic amines) is 1. The number of carbonyl (C=O) groups excluding carboxylic acids is 1. The van der Waals surface area contributed by atoms with Crippen LogP contribution < -0.4 is 5.32 Å². The van der Waals surface area contributed by atoms with Crippen molar-refractivity contribution in [3.8, 4) is 0 Å². The van der Waals surface area contributed by atoms with Gasteiger partial charge in [0.2, 0.25) is 0 Å². The Morgan fingerprint density at radius 1 is 1.30 bits per heavy atom. The summed E-state index contributed by atoms with van der Waals surface area (Å²) in [5.74, 6) is 1.39. The molecule has 0 aromatic rings. The first-order valence-electron chi connectivity index (χ1n) is 10.3. The first-order valence-corrected chi connectivity index (χ1v) is 10.3. The Balaban J connectivity index is 0.00000261. The van der Waals surface area contributed by atoms with E-state index in [1.807, 2.05) is 6.92 Å². The SMILES string of the molecule is CCN=C(NC1C2CCCOC2C1(C)C)N1CCC[C@@H](C(=O)OCC)C1.I. The summed E-state index contributed by atoms with van der Waals surface area (Å²) >= 11 is 0. The molecule has 0 amide bonds. The van der Waals surface area contributed by atoms with Crippen molar-refractivity contribution in [1.29, 1.82) is 0 Å². The van der Waals surface area contributed by atoms with Crippen LogP contribution in [-0.2, 0) is 14.3 Å². The van der Waals surface area contributed by atoms with Crippen LogP contribution in [0.3, 0.4) is 0 Å². The Labute approximate surface area is 180 Å². The molecule has 2 aliphatic heterocycles. The Kier molecular flexibility index (Phi) is 8.21. The standard InChI is InChI=1S/C20H35N3O3.HI/c1-5-21-19(23-11-7-9-14(13-23)18(24)25-6-2)22-16-15-10-8-12-26-17(15)20(16,3)4;/h14-17H,5-13H2,1-4H3,(H,21,22);1H/t14-,15?,16?,17?;/m1./s1. The number of hydrogen-bond acceptors (Lipinski definition) is 4. The maximum atomic E-state index is 12.2. The largest absolute Gasteiger partial charge is 0.466 e. The molecule has 3 aliphatic rings. The van der Waals surface area contributed by atoms with E-state index in [0.29, 0.717) is 31.2 Å². The van der Waals surface area contributed by atoms with Crippen LogP contribution >= 0.6 is 24.0 Å².